The second-order valence-corrected chi connectivity index (χ2v) is 8.43. The maximum absolute atomic E-state index is 13.1. The molecule has 0 amide bonds. The Kier molecular flexibility index (Phi) is 5.01. The number of rotatable bonds is 5. The third-order valence-electron chi connectivity index (χ3n) is 4.71. The van der Waals surface area contributed by atoms with Crippen molar-refractivity contribution in [3.63, 3.8) is 0 Å². The van der Waals surface area contributed by atoms with Crippen molar-refractivity contribution in [1.29, 1.82) is 0 Å². The molecule has 128 valence electrons. The molecule has 3 rings (SSSR count). The molecular formula is C16H23FN2O3S. The van der Waals surface area contributed by atoms with E-state index in [1.54, 1.807) is 12.1 Å². The summed E-state index contributed by atoms with van der Waals surface area (Å²) in [6.45, 7) is 2.56. The van der Waals surface area contributed by atoms with Gasteiger partial charge in [-0.25, -0.2) is 12.8 Å². The molecule has 7 heteroatoms. The van der Waals surface area contributed by atoms with Crippen molar-refractivity contribution in [2.75, 3.05) is 31.9 Å². The van der Waals surface area contributed by atoms with Crippen molar-refractivity contribution in [1.82, 2.24) is 9.21 Å². The van der Waals surface area contributed by atoms with Crippen LogP contribution in [0.2, 0.25) is 0 Å². The van der Waals surface area contributed by atoms with Gasteiger partial charge in [0, 0.05) is 13.1 Å². The first-order valence-corrected chi connectivity index (χ1v) is 9.72. The van der Waals surface area contributed by atoms with E-state index in [9.17, 15) is 17.9 Å². The molecule has 1 N–H and O–H groups in total. The minimum atomic E-state index is -3.45. The van der Waals surface area contributed by atoms with Gasteiger partial charge in [-0.1, -0.05) is 12.1 Å². The summed E-state index contributed by atoms with van der Waals surface area (Å²) in [5.41, 5.74) is 0.729. The molecular weight excluding hydrogens is 319 g/mol. The maximum Gasteiger partial charge on any atom is 0.216 e. The van der Waals surface area contributed by atoms with Crippen molar-refractivity contribution >= 4 is 10.0 Å². The summed E-state index contributed by atoms with van der Waals surface area (Å²) in [5.74, 6) is -0.284. The lowest BCUT2D eigenvalue weighted by Crippen LogP contribution is -2.37. The number of halogens is 1. The topological polar surface area (TPSA) is 60.9 Å². The molecule has 0 spiro atoms. The Morgan fingerprint density at radius 2 is 1.83 bits per heavy atom. The van der Waals surface area contributed by atoms with Gasteiger partial charge in [0.15, 0.2) is 0 Å². The SMILES string of the molecule is O=S(=O)(CCN1CCCC1)N1C[C@H](O)C[C@H]1c1ccc(F)cc1. The average Bonchev–Trinajstić information content (AvgIpc) is 3.16. The van der Waals surface area contributed by atoms with Crippen LogP contribution in [0.3, 0.4) is 0 Å². The van der Waals surface area contributed by atoms with E-state index in [-0.39, 0.29) is 18.1 Å². The van der Waals surface area contributed by atoms with Crippen molar-refractivity contribution in [3.05, 3.63) is 35.6 Å². The van der Waals surface area contributed by atoms with E-state index in [1.165, 1.54) is 16.4 Å². The molecule has 0 aromatic heterocycles. The number of β-amino-alcohol motifs (C(OH)–C–C–N with tert-alkyl or cyclic N) is 1. The Labute approximate surface area is 136 Å². The summed E-state index contributed by atoms with van der Waals surface area (Å²) in [6.07, 6.45) is 1.93. The second-order valence-electron chi connectivity index (χ2n) is 6.39. The van der Waals surface area contributed by atoms with Crippen LogP contribution < -0.4 is 0 Å². The average molecular weight is 342 g/mol. The highest BCUT2D eigenvalue weighted by atomic mass is 32.2. The third kappa shape index (κ3) is 3.91. The maximum atomic E-state index is 13.1. The molecule has 0 unspecified atom stereocenters. The summed E-state index contributed by atoms with van der Waals surface area (Å²) < 4.78 is 39.9. The monoisotopic (exact) mass is 342 g/mol. The molecule has 0 aliphatic carbocycles. The zero-order valence-electron chi connectivity index (χ0n) is 13.1. The quantitative estimate of drug-likeness (QED) is 0.878. The Morgan fingerprint density at radius 3 is 2.48 bits per heavy atom. The first-order valence-electron chi connectivity index (χ1n) is 8.11. The van der Waals surface area contributed by atoms with Crippen LogP contribution in [0.4, 0.5) is 4.39 Å². The zero-order chi connectivity index (χ0) is 16.4. The first-order chi connectivity index (χ1) is 11.0. The molecule has 2 aliphatic heterocycles. The van der Waals surface area contributed by atoms with Gasteiger partial charge in [0.1, 0.15) is 5.82 Å². The zero-order valence-corrected chi connectivity index (χ0v) is 13.9. The molecule has 2 aliphatic rings. The number of aliphatic hydroxyl groups excluding tert-OH is 1. The van der Waals surface area contributed by atoms with Gasteiger partial charge in [0.05, 0.1) is 17.9 Å². The fraction of sp³-hybridized carbons (Fsp3) is 0.625. The summed E-state index contributed by atoms with van der Waals surface area (Å²) in [6, 6.07) is 5.45. The van der Waals surface area contributed by atoms with Crippen LogP contribution in [-0.4, -0.2) is 60.8 Å². The van der Waals surface area contributed by atoms with Gasteiger partial charge in [-0.3, -0.25) is 0 Å². The molecule has 0 saturated carbocycles. The summed E-state index contributed by atoms with van der Waals surface area (Å²) in [4.78, 5) is 2.16. The van der Waals surface area contributed by atoms with Crippen molar-refractivity contribution in [2.45, 2.75) is 31.4 Å². The Hall–Kier alpha value is -1.02. The van der Waals surface area contributed by atoms with Crippen LogP contribution >= 0.6 is 0 Å². The predicted octanol–water partition coefficient (Wildman–Crippen LogP) is 1.36. The van der Waals surface area contributed by atoms with Gasteiger partial charge < -0.3 is 10.0 Å². The lowest BCUT2D eigenvalue weighted by Gasteiger charge is -2.25. The Morgan fingerprint density at radius 1 is 1.17 bits per heavy atom. The predicted molar refractivity (Wildman–Crippen MR) is 85.9 cm³/mol. The number of hydrogen-bond donors (Lipinski definition) is 1. The fourth-order valence-electron chi connectivity index (χ4n) is 3.45. The first kappa shape index (κ1) is 16.8. The van der Waals surface area contributed by atoms with Crippen LogP contribution in [0.15, 0.2) is 24.3 Å². The van der Waals surface area contributed by atoms with Crippen LogP contribution in [0.5, 0.6) is 0 Å². The largest absolute Gasteiger partial charge is 0.392 e. The number of sulfonamides is 1. The molecule has 2 saturated heterocycles. The molecule has 1 aromatic carbocycles. The van der Waals surface area contributed by atoms with E-state index < -0.39 is 22.2 Å². The van der Waals surface area contributed by atoms with Gasteiger partial charge in [-0.05, 0) is 50.0 Å². The summed E-state index contributed by atoms with van der Waals surface area (Å²) in [5, 5.41) is 9.94. The van der Waals surface area contributed by atoms with E-state index in [0.717, 1.165) is 31.5 Å². The molecule has 23 heavy (non-hydrogen) atoms. The summed E-state index contributed by atoms with van der Waals surface area (Å²) >= 11 is 0. The van der Waals surface area contributed by atoms with E-state index in [2.05, 4.69) is 4.90 Å². The normalized spacial score (nSPS) is 26.9. The number of hydrogen-bond acceptors (Lipinski definition) is 4. The van der Waals surface area contributed by atoms with Gasteiger partial charge in [0.25, 0.3) is 0 Å². The fourth-order valence-corrected chi connectivity index (χ4v) is 5.17. The Balaban J connectivity index is 1.73. The minimum Gasteiger partial charge on any atom is -0.392 e. The van der Waals surface area contributed by atoms with Crippen molar-refractivity contribution in [2.24, 2.45) is 0 Å². The number of nitrogens with zero attached hydrogens (tertiary/aromatic N) is 2. The van der Waals surface area contributed by atoms with E-state index in [1.807, 2.05) is 0 Å². The highest BCUT2D eigenvalue weighted by Gasteiger charge is 2.39. The van der Waals surface area contributed by atoms with Gasteiger partial charge in [-0.2, -0.15) is 4.31 Å². The second kappa shape index (κ2) is 6.84. The number of benzene rings is 1. The molecule has 0 radical (unpaired) electrons. The van der Waals surface area contributed by atoms with E-state index in [0.29, 0.717) is 13.0 Å². The van der Waals surface area contributed by atoms with Crippen molar-refractivity contribution in [3.8, 4) is 0 Å². The van der Waals surface area contributed by atoms with Gasteiger partial charge in [-0.15, -0.1) is 0 Å². The van der Waals surface area contributed by atoms with Crippen LogP contribution in [-0.2, 0) is 10.0 Å². The highest BCUT2D eigenvalue weighted by molar-refractivity contribution is 7.89. The Bertz CT molecular complexity index is 629. The summed E-state index contributed by atoms with van der Waals surface area (Å²) in [7, 11) is -3.45. The molecule has 2 fully saturated rings. The number of likely N-dealkylation sites (tertiary alicyclic amines) is 1. The highest BCUT2D eigenvalue weighted by Crippen LogP contribution is 2.34. The lowest BCUT2D eigenvalue weighted by atomic mass is 10.0. The van der Waals surface area contributed by atoms with Gasteiger partial charge in [0.2, 0.25) is 10.0 Å². The van der Waals surface area contributed by atoms with Gasteiger partial charge >= 0.3 is 0 Å². The number of aliphatic hydroxyl groups is 1. The van der Waals surface area contributed by atoms with E-state index in [4.69, 9.17) is 0 Å². The molecule has 5 nitrogen and oxygen atoms in total. The van der Waals surface area contributed by atoms with Crippen LogP contribution in [0, 0.1) is 5.82 Å². The van der Waals surface area contributed by atoms with Crippen molar-refractivity contribution < 1.29 is 17.9 Å². The molecule has 2 atom stereocenters. The molecule has 2 heterocycles. The minimum absolute atomic E-state index is 0.0669. The van der Waals surface area contributed by atoms with E-state index >= 15 is 0 Å². The standard InChI is InChI=1S/C16H23FN2O3S/c17-14-5-3-13(4-6-14)16-11-15(20)12-19(16)23(21,22)10-9-18-7-1-2-8-18/h3-6,15-16,20H,1-2,7-12H2/t15-,16+/m1/s1. The third-order valence-corrected chi connectivity index (χ3v) is 6.53. The van der Waals surface area contributed by atoms with Crippen LogP contribution in [0.25, 0.3) is 0 Å². The van der Waals surface area contributed by atoms with Crippen LogP contribution in [0.1, 0.15) is 30.9 Å². The smallest absolute Gasteiger partial charge is 0.216 e. The lowest BCUT2D eigenvalue weighted by molar-refractivity contribution is 0.188. The molecule has 1 aromatic rings. The molecule has 0 bridgehead atoms.